The zero-order valence-corrected chi connectivity index (χ0v) is 17.7. The highest BCUT2D eigenvalue weighted by molar-refractivity contribution is 5.94. The maximum Gasteiger partial charge on any atom is 0.290 e. The number of ether oxygens (including phenoxy) is 1. The van der Waals surface area contributed by atoms with E-state index in [9.17, 15) is 19.1 Å². The molecule has 1 fully saturated rings. The van der Waals surface area contributed by atoms with Crippen LogP contribution in [0.15, 0.2) is 48.5 Å². The molecule has 10 nitrogen and oxygen atoms in total. The average molecular weight is 454 g/mol. The van der Waals surface area contributed by atoms with Crippen molar-refractivity contribution >= 4 is 11.8 Å². The summed E-state index contributed by atoms with van der Waals surface area (Å²) in [6.07, 6.45) is -0.118. The molecule has 2 atom stereocenters. The summed E-state index contributed by atoms with van der Waals surface area (Å²) in [4.78, 5) is 26.7. The van der Waals surface area contributed by atoms with Crippen LogP contribution in [0.4, 0.5) is 4.39 Å². The van der Waals surface area contributed by atoms with Crippen LogP contribution in [0.25, 0.3) is 0 Å². The molecule has 0 bridgehead atoms. The first-order valence-corrected chi connectivity index (χ1v) is 10.4. The lowest BCUT2D eigenvalue weighted by atomic mass is 9.99. The summed E-state index contributed by atoms with van der Waals surface area (Å²) in [5.41, 5.74) is 6.62. The van der Waals surface area contributed by atoms with Gasteiger partial charge in [0.25, 0.3) is 17.6 Å². The van der Waals surface area contributed by atoms with E-state index in [1.165, 1.54) is 12.1 Å². The number of carbonyl (C=O) groups is 2. The third-order valence-electron chi connectivity index (χ3n) is 5.41. The highest BCUT2D eigenvalue weighted by Gasteiger charge is 2.28. The summed E-state index contributed by atoms with van der Waals surface area (Å²) >= 11 is 0. The molecule has 11 heteroatoms. The fourth-order valence-corrected chi connectivity index (χ4v) is 3.68. The second kappa shape index (κ2) is 9.74. The quantitative estimate of drug-likeness (QED) is 0.518. The minimum absolute atomic E-state index is 0.0268. The van der Waals surface area contributed by atoms with Crippen molar-refractivity contribution in [3.63, 3.8) is 0 Å². The van der Waals surface area contributed by atoms with Gasteiger partial charge in [-0.25, -0.2) is 4.39 Å². The van der Waals surface area contributed by atoms with Gasteiger partial charge in [-0.05, 0) is 53.6 Å². The van der Waals surface area contributed by atoms with Crippen LogP contribution >= 0.6 is 0 Å². The van der Waals surface area contributed by atoms with Crippen LogP contribution in [0.1, 0.15) is 38.9 Å². The minimum atomic E-state index is -0.950. The molecule has 1 aliphatic heterocycles. The number of hydrogen-bond donors (Lipinski definition) is 2. The number of benzene rings is 2. The van der Waals surface area contributed by atoms with Crippen molar-refractivity contribution in [3.8, 4) is 5.75 Å². The van der Waals surface area contributed by atoms with Gasteiger partial charge in [-0.15, -0.1) is 10.2 Å². The van der Waals surface area contributed by atoms with Gasteiger partial charge >= 0.3 is 0 Å². The topological polar surface area (TPSA) is 136 Å². The Balaban J connectivity index is 1.27. The van der Waals surface area contributed by atoms with Gasteiger partial charge in [0, 0.05) is 24.6 Å². The summed E-state index contributed by atoms with van der Waals surface area (Å²) in [6, 6.07) is 13.1. The lowest BCUT2D eigenvalue weighted by molar-refractivity contribution is 0.0788. The van der Waals surface area contributed by atoms with Crippen molar-refractivity contribution in [1.29, 1.82) is 0 Å². The zero-order valence-electron chi connectivity index (χ0n) is 17.7. The summed E-state index contributed by atoms with van der Waals surface area (Å²) in [6.45, 7) is 1.15. The molecule has 3 N–H and O–H groups in total. The number of halogens is 1. The van der Waals surface area contributed by atoms with Crippen molar-refractivity contribution in [3.05, 3.63) is 71.3 Å². The van der Waals surface area contributed by atoms with E-state index >= 15 is 0 Å². The average Bonchev–Trinajstić information content (AvgIpc) is 3.48. The molecule has 0 spiro atoms. The number of nitrogens with two attached hydrogens (primary N) is 1. The summed E-state index contributed by atoms with van der Waals surface area (Å²) in [5.74, 6) is -0.704. The molecule has 0 radical (unpaired) electrons. The lowest BCUT2D eigenvalue weighted by Gasteiger charge is -2.17. The number of aliphatic hydroxyl groups excluding tert-OH is 1. The summed E-state index contributed by atoms with van der Waals surface area (Å²) in [7, 11) is 0. The maximum atomic E-state index is 13.1. The van der Waals surface area contributed by atoms with Crippen LogP contribution in [-0.2, 0) is 6.54 Å². The Kier molecular flexibility index (Phi) is 6.59. The third-order valence-corrected chi connectivity index (χ3v) is 5.41. The van der Waals surface area contributed by atoms with Crippen LogP contribution < -0.4 is 10.5 Å². The van der Waals surface area contributed by atoms with Crippen LogP contribution in [-0.4, -0.2) is 67.8 Å². The highest BCUT2D eigenvalue weighted by atomic mass is 19.1. The van der Waals surface area contributed by atoms with Gasteiger partial charge in [-0.2, -0.15) is 4.80 Å². The first-order chi connectivity index (χ1) is 15.9. The zero-order chi connectivity index (χ0) is 23.4. The van der Waals surface area contributed by atoms with Crippen LogP contribution in [0.2, 0.25) is 0 Å². The number of hydrogen-bond acceptors (Lipinski definition) is 7. The molecular weight excluding hydrogens is 431 g/mol. The van der Waals surface area contributed by atoms with Gasteiger partial charge in [0.05, 0.1) is 6.54 Å². The van der Waals surface area contributed by atoms with E-state index < -0.39 is 12.0 Å². The van der Waals surface area contributed by atoms with Gasteiger partial charge < -0.3 is 20.5 Å². The van der Waals surface area contributed by atoms with Crippen LogP contribution in [0.5, 0.6) is 5.75 Å². The van der Waals surface area contributed by atoms with Gasteiger partial charge in [-0.3, -0.25) is 9.59 Å². The lowest BCUT2D eigenvalue weighted by Crippen LogP contribution is -2.28. The number of nitrogens with zero attached hydrogens (tertiary/aromatic N) is 5. The molecule has 1 aliphatic rings. The number of carbonyl (C=O) groups excluding carboxylic acids is 2. The Morgan fingerprint density at radius 2 is 1.91 bits per heavy atom. The number of amides is 2. The van der Waals surface area contributed by atoms with E-state index in [1.54, 1.807) is 41.3 Å². The summed E-state index contributed by atoms with van der Waals surface area (Å²) in [5, 5.41) is 20.9. The van der Waals surface area contributed by atoms with E-state index in [2.05, 4.69) is 15.4 Å². The van der Waals surface area contributed by atoms with E-state index in [1.807, 2.05) is 0 Å². The van der Waals surface area contributed by atoms with Gasteiger partial charge in [0.2, 0.25) is 0 Å². The van der Waals surface area contributed by atoms with Crippen molar-refractivity contribution in [2.75, 3.05) is 19.7 Å². The van der Waals surface area contributed by atoms with E-state index in [0.717, 1.165) is 16.8 Å². The first kappa shape index (κ1) is 22.3. The number of aromatic nitrogens is 4. The number of likely N-dealkylation sites (tertiary alicyclic amines) is 1. The van der Waals surface area contributed by atoms with Crippen LogP contribution in [0, 0.1) is 5.82 Å². The normalized spacial score (nSPS) is 16.5. The third kappa shape index (κ3) is 5.50. The van der Waals surface area contributed by atoms with Crippen molar-refractivity contribution in [1.82, 2.24) is 25.1 Å². The molecule has 172 valence electrons. The predicted molar refractivity (Wildman–Crippen MR) is 114 cm³/mol. The molecule has 1 aromatic heterocycles. The number of tetrazole rings is 1. The van der Waals surface area contributed by atoms with Crippen molar-refractivity contribution in [2.24, 2.45) is 5.73 Å². The molecule has 1 saturated heterocycles. The number of rotatable bonds is 8. The molecule has 0 saturated carbocycles. The Bertz CT molecular complexity index is 1120. The van der Waals surface area contributed by atoms with Gasteiger partial charge in [0.1, 0.15) is 24.3 Å². The molecule has 4 rings (SSSR count). The maximum absolute atomic E-state index is 13.1. The standard InChI is InChI=1S/C22H23FN6O4/c23-17-5-1-14(2-6-17)16-9-10-28(11-16)22(32)15-3-7-19(8-4-15)33-13-18(30)12-29-26-21(20(24)31)25-27-29/h1-8,16,18,30H,9-13H2,(H2,24,31). The fourth-order valence-electron chi connectivity index (χ4n) is 3.68. The van der Waals surface area contributed by atoms with Crippen molar-refractivity contribution < 1.29 is 23.8 Å². The van der Waals surface area contributed by atoms with E-state index in [4.69, 9.17) is 10.5 Å². The number of aliphatic hydroxyl groups is 1. The first-order valence-electron chi connectivity index (χ1n) is 10.4. The number of primary amides is 1. The molecule has 3 aromatic rings. The van der Waals surface area contributed by atoms with E-state index in [-0.39, 0.29) is 36.6 Å². The van der Waals surface area contributed by atoms with Gasteiger partial charge in [-0.1, -0.05) is 12.1 Å². The Hall–Kier alpha value is -3.86. The Morgan fingerprint density at radius 3 is 2.58 bits per heavy atom. The Morgan fingerprint density at radius 1 is 1.18 bits per heavy atom. The second-order valence-corrected chi connectivity index (χ2v) is 7.81. The minimum Gasteiger partial charge on any atom is -0.491 e. The van der Waals surface area contributed by atoms with Crippen molar-refractivity contribution in [2.45, 2.75) is 25.0 Å². The summed E-state index contributed by atoms with van der Waals surface area (Å²) < 4.78 is 18.7. The predicted octanol–water partition coefficient (Wildman–Crippen LogP) is 0.981. The molecule has 2 amide bonds. The highest BCUT2D eigenvalue weighted by Crippen LogP contribution is 2.28. The molecule has 2 aromatic carbocycles. The van der Waals surface area contributed by atoms with Crippen LogP contribution in [0.3, 0.4) is 0 Å². The molecular formula is C22H23FN6O4. The molecule has 2 heterocycles. The SMILES string of the molecule is NC(=O)c1nnn(CC(O)COc2ccc(C(=O)N3CCC(c4ccc(F)cc4)C3)cc2)n1. The molecule has 33 heavy (non-hydrogen) atoms. The Labute approximate surface area is 188 Å². The fraction of sp³-hybridized carbons (Fsp3) is 0.318. The monoisotopic (exact) mass is 454 g/mol. The largest absolute Gasteiger partial charge is 0.491 e. The smallest absolute Gasteiger partial charge is 0.290 e. The van der Waals surface area contributed by atoms with Gasteiger partial charge in [0.15, 0.2) is 0 Å². The van der Waals surface area contributed by atoms with E-state index in [0.29, 0.717) is 24.4 Å². The molecule has 0 aliphatic carbocycles. The second-order valence-electron chi connectivity index (χ2n) is 7.81. The molecule has 2 unspecified atom stereocenters.